The number of rotatable bonds is 5. The van der Waals surface area contributed by atoms with Crippen molar-refractivity contribution in [1.82, 2.24) is 15.6 Å². The third kappa shape index (κ3) is 6.42. The van der Waals surface area contributed by atoms with Crippen LogP contribution in [0.1, 0.15) is 25.3 Å². The molecule has 1 saturated carbocycles. The summed E-state index contributed by atoms with van der Waals surface area (Å²) in [6, 6.07) is 3.74. The number of pyridine rings is 1. The molecule has 0 aliphatic heterocycles. The van der Waals surface area contributed by atoms with E-state index in [0.29, 0.717) is 11.7 Å². The average molecular weight is 395 g/mol. The summed E-state index contributed by atoms with van der Waals surface area (Å²) >= 11 is 5.74. The molecule has 1 aromatic rings. The van der Waals surface area contributed by atoms with Gasteiger partial charge in [0.15, 0.2) is 5.96 Å². The van der Waals surface area contributed by atoms with E-state index in [1.165, 1.54) is 12.8 Å². The third-order valence-corrected chi connectivity index (χ3v) is 3.03. The minimum atomic E-state index is 0. The van der Waals surface area contributed by atoms with Gasteiger partial charge in [-0.2, -0.15) is 0 Å². The topological polar surface area (TPSA) is 49.3 Å². The van der Waals surface area contributed by atoms with Crippen molar-refractivity contribution in [3.8, 4) is 0 Å². The standard InChI is InChI=1S/C13H19ClN4.HI/c1-2-15-13(17-7-10-3-4-10)18-9-11-5-6-12(14)16-8-11;/h5-6,8,10H,2-4,7,9H2,1H3,(H2,15,17,18);1H. The van der Waals surface area contributed by atoms with Gasteiger partial charge in [-0.25, -0.2) is 9.98 Å². The summed E-state index contributed by atoms with van der Waals surface area (Å²) in [5, 5.41) is 7.11. The second-order valence-electron chi connectivity index (χ2n) is 4.51. The Labute approximate surface area is 136 Å². The van der Waals surface area contributed by atoms with Crippen molar-refractivity contribution in [3.05, 3.63) is 29.0 Å². The van der Waals surface area contributed by atoms with Gasteiger partial charge in [0.25, 0.3) is 0 Å². The van der Waals surface area contributed by atoms with Gasteiger partial charge in [-0.15, -0.1) is 24.0 Å². The fraction of sp³-hybridized carbons (Fsp3) is 0.538. The highest BCUT2D eigenvalue weighted by Gasteiger charge is 2.20. The zero-order valence-corrected chi connectivity index (χ0v) is 14.1. The first-order valence-corrected chi connectivity index (χ1v) is 6.78. The van der Waals surface area contributed by atoms with Crippen molar-refractivity contribution in [2.24, 2.45) is 10.9 Å². The lowest BCUT2D eigenvalue weighted by Crippen LogP contribution is -2.38. The Kier molecular flexibility index (Phi) is 7.45. The number of aromatic nitrogens is 1. The molecule has 2 N–H and O–H groups in total. The summed E-state index contributed by atoms with van der Waals surface area (Å²) in [5.74, 6) is 1.71. The van der Waals surface area contributed by atoms with Crippen LogP contribution in [0.5, 0.6) is 0 Å². The monoisotopic (exact) mass is 394 g/mol. The molecule has 1 fully saturated rings. The first-order chi connectivity index (χ1) is 8.78. The maximum Gasteiger partial charge on any atom is 0.191 e. The van der Waals surface area contributed by atoms with Crippen molar-refractivity contribution in [3.63, 3.8) is 0 Å². The smallest absolute Gasteiger partial charge is 0.191 e. The van der Waals surface area contributed by atoms with E-state index in [1.807, 2.05) is 6.07 Å². The van der Waals surface area contributed by atoms with Gasteiger partial charge < -0.3 is 10.6 Å². The largest absolute Gasteiger partial charge is 0.357 e. The average Bonchev–Trinajstić information content (AvgIpc) is 3.19. The van der Waals surface area contributed by atoms with Crippen LogP contribution in [-0.2, 0) is 6.54 Å². The van der Waals surface area contributed by atoms with Crippen molar-refractivity contribution >= 4 is 41.5 Å². The summed E-state index contributed by atoms with van der Waals surface area (Å²) in [5.41, 5.74) is 1.06. The highest BCUT2D eigenvalue weighted by atomic mass is 127. The quantitative estimate of drug-likeness (QED) is 0.349. The zero-order valence-electron chi connectivity index (χ0n) is 11.0. The lowest BCUT2D eigenvalue weighted by molar-refractivity contribution is 0.739. The van der Waals surface area contributed by atoms with Crippen LogP contribution in [0.2, 0.25) is 5.15 Å². The summed E-state index contributed by atoms with van der Waals surface area (Å²) in [7, 11) is 0. The van der Waals surface area contributed by atoms with Crippen LogP contribution in [-0.4, -0.2) is 24.0 Å². The molecule has 1 heterocycles. The number of aliphatic imine (C=N–C) groups is 1. The molecule has 0 saturated heterocycles. The van der Waals surface area contributed by atoms with Crippen molar-refractivity contribution < 1.29 is 0 Å². The SMILES string of the molecule is CCNC(=NCc1ccc(Cl)nc1)NCC1CC1.I. The van der Waals surface area contributed by atoms with Gasteiger partial charge in [-0.3, -0.25) is 0 Å². The third-order valence-electron chi connectivity index (χ3n) is 2.81. The molecule has 6 heteroatoms. The molecule has 0 spiro atoms. The lowest BCUT2D eigenvalue weighted by atomic mass is 10.3. The van der Waals surface area contributed by atoms with Gasteiger partial charge in [0.1, 0.15) is 5.15 Å². The molecule has 0 bridgehead atoms. The van der Waals surface area contributed by atoms with E-state index < -0.39 is 0 Å². The highest BCUT2D eigenvalue weighted by molar-refractivity contribution is 14.0. The Morgan fingerprint density at radius 2 is 2.21 bits per heavy atom. The van der Waals surface area contributed by atoms with Crippen LogP contribution < -0.4 is 10.6 Å². The molecular formula is C13H20ClIN4. The fourth-order valence-electron chi connectivity index (χ4n) is 1.58. The number of halogens is 2. The number of nitrogens with zero attached hydrogens (tertiary/aromatic N) is 2. The fourth-order valence-corrected chi connectivity index (χ4v) is 1.69. The first-order valence-electron chi connectivity index (χ1n) is 6.40. The first kappa shape index (κ1) is 16.5. The predicted molar refractivity (Wildman–Crippen MR) is 90.2 cm³/mol. The Morgan fingerprint density at radius 3 is 2.79 bits per heavy atom. The Bertz CT molecular complexity index is 404. The molecule has 0 radical (unpaired) electrons. The van der Waals surface area contributed by atoms with Crippen LogP contribution in [0.3, 0.4) is 0 Å². The minimum Gasteiger partial charge on any atom is -0.357 e. The van der Waals surface area contributed by atoms with E-state index in [2.05, 4.69) is 27.5 Å². The van der Waals surface area contributed by atoms with E-state index in [0.717, 1.165) is 30.5 Å². The summed E-state index contributed by atoms with van der Waals surface area (Å²) < 4.78 is 0. The normalized spacial score (nSPS) is 14.7. The second-order valence-corrected chi connectivity index (χ2v) is 4.90. The van der Waals surface area contributed by atoms with Gasteiger partial charge in [0.2, 0.25) is 0 Å². The second kappa shape index (κ2) is 8.58. The number of hydrogen-bond donors (Lipinski definition) is 2. The molecule has 0 aromatic carbocycles. The molecule has 0 amide bonds. The maximum atomic E-state index is 5.74. The zero-order chi connectivity index (χ0) is 12.8. The van der Waals surface area contributed by atoms with Gasteiger partial charge >= 0.3 is 0 Å². The molecule has 1 aromatic heterocycles. The predicted octanol–water partition coefficient (Wildman–Crippen LogP) is 2.82. The van der Waals surface area contributed by atoms with Crippen LogP contribution in [0.15, 0.2) is 23.3 Å². The summed E-state index contributed by atoms with van der Waals surface area (Å²) in [6.07, 6.45) is 4.44. The van der Waals surface area contributed by atoms with Crippen LogP contribution in [0.25, 0.3) is 0 Å². The molecule has 1 aliphatic carbocycles. The van der Waals surface area contributed by atoms with Crippen LogP contribution >= 0.6 is 35.6 Å². The van der Waals surface area contributed by atoms with E-state index in [4.69, 9.17) is 11.6 Å². The van der Waals surface area contributed by atoms with Crippen molar-refractivity contribution in [1.29, 1.82) is 0 Å². The molecule has 2 rings (SSSR count). The van der Waals surface area contributed by atoms with Crippen LogP contribution in [0, 0.1) is 5.92 Å². The minimum absolute atomic E-state index is 0. The molecule has 4 nitrogen and oxygen atoms in total. The Morgan fingerprint density at radius 1 is 1.42 bits per heavy atom. The van der Waals surface area contributed by atoms with Crippen molar-refractivity contribution in [2.45, 2.75) is 26.3 Å². The highest BCUT2D eigenvalue weighted by Crippen LogP contribution is 2.27. The Balaban J connectivity index is 0.00000180. The number of nitrogens with one attached hydrogen (secondary N) is 2. The van der Waals surface area contributed by atoms with E-state index in [9.17, 15) is 0 Å². The van der Waals surface area contributed by atoms with Gasteiger partial charge in [0, 0.05) is 19.3 Å². The maximum absolute atomic E-state index is 5.74. The van der Waals surface area contributed by atoms with Gasteiger partial charge in [-0.1, -0.05) is 17.7 Å². The number of guanidine groups is 1. The van der Waals surface area contributed by atoms with Crippen LogP contribution in [0.4, 0.5) is 0 Å². The lowest BCUT2D eigenvalue weighted by Gasteiger charge is -2.10. The number of hydrogen-bond acceptors (Lipinski definition) is 2. The van der Waals surface area contributed by atoms with E-state index in [1.54, 1.807) is 12.3 Å². The molecular weight excluding hydrogens is 375 g/mol. The Hall–Kier alpha value is -0.560. The molecule has 0 atom stereocenters. The summed E-state index contributed by atoms with van der Waals surface area (Å²) in [6.45, 7) is 4.57. The molecule has 19 heavy (non-hydrogen) atoms. The van der Waals surface area contributed by atoms with Gasteiger partial charge in [-0.05, 0) is 37.3 Å². The van der Waals surface area contributed by atoms with E-state index in [-0.39, 0.29) is 24.0 Å². The molecule has 106 valence electrons. The van der Waals surface area contributed by atoms with E-state index >= 15 is 0 Å². The molecule has 1 aliphatic rings. The van der Waals surface area contributed by atoms with Gasteiger partial charge in [0.05, 0.1) is 6.54 Å². The summed E-state index contributed by atoms with van der Waals surface area (Å²) in [4.78, 5) is 8.57. The van der Waals surface area contributed by atoms with Crippen molar-refractivity contribution in [2.75, 3.05) is 13.1 Å². The molecule has 0 unspecified atom stereocenters.